The lowest BCUT2D eigenvalue weighted by Gasteiger charge is -2.26. The van der Waals surface area contributed by atoms with Gasteiger partial charge in [-0.1, -0.05) is 13.8 Å². The van der Waals surface area contributed by atoms with Crippen LogP contribution in [-0.4, -0.2) is 61.0 Å². The van der Waals surface area contributed by atoms with Crippen LogP contribution in [0.1, 0.15) is 13.8 Å². The normalized spacial score (nSPS) is 17.7. The van der Waals surface area contributed by atoms with Crippen LogP contribution in [0.15, 0.2) is 10.7 Å². The van der Waals surface area contributed by atoms with E-state index in [1.807, 2.05) is 13.8 Å². The predicted octanol–water partition coefficient (Wildman–Crippen LogP) is 2.06. The molecule has 120 valence electrons. The highest BCUT2D eigenvalue weighted by Crippen LogP contribution is 2.19. The smallest absolute Gasteiger partial charge is 0.224 e. The van der Waals surface area contributed by atoms with Crippen LogP contribution in [0.4, 0.5) is 5.82 Å². The minimum atomic E-state index is -2.81. The van der Waals surface area contributed by atoms with Crippen molar-refractivity contribution < 1.29 is 8.42 Å². The Kier molecular flexibility index (Phi) is 7.86. The van der Waals surface area contributed by atoms with E-state index >= 15 is 0 Å². The summed E-state index contributed by atoms with van der Waals surface area (Å²) in [5.41, 5.74) is 0. The SMILES string of the molecule is CC.O=S1(=O)CCN(CCNc2nc(Cl)ncc2Br)CC1. The van der Waals surface area contributed by atoms with Crippen LogP contribution in [0.2, 0.25) is 5.28 Å². The molecule has 21 heavy (non-hydrogen) atoms. The molecular formula is C12H20BrClN4O2S. The van der Waals surface area contributed by atoms with E-state index in [1.165, 1.54) is 0 Å². The summed E-state index contributed by atoms with van der Waals surface area (Å²) in [6.45, 7) is 6.63. The highest BCUT2D eigenvalue weighted by molar-refractivity contribution is 9.10. The first-order valence-corrected chi connectivity index (χ1v) is 9.80. The molecule has 0 atom stereocenters. The van der Waals surface area contributed by atoms with Crippen molar-refractivity contribution in [3.63, 3.8) is 0 Å². The van der Waals surface area contributed by atoms with Crippen LogP contribution in [-0.2, 0) is 9.84 Å². The lowest BCUT2D eigenvalue weighted by atomic mass is 10.4. The maximum absolute atomic E-state index is 11.3. The van der Waals surface area contributed by atoms with Gasteiger partial charge in [0.05, 0.1) is 16.0 Å². The molecule has 0 aliphatic carbocycles. The van der Waals surface area contributed by atoms with Crippen molar-refractivity contribution in [2.45, 2.75) is 13.8 Å². The fraction of sp³-hybridized carbons (Fsp3) is 0.667. The average Bonchev–Trinajstić information content (AvgIpc) is 2.46. The van der Waals surface area contributed by atoms with Crippen molar-refractivity contribution in [1.29, 1.82) is 0 Å². The van der Waals surface area contributed by atoms with Gasteiger partial charge in [-0.25, -0.2) is 13.4 Å². The molecule has 6 nitrogen and oxygen atoms in total. The van der Waals surface area contributed by atoms with E-state index in [2.05, 4.69) is 36.1 Å². The number of aromatic nitrogens is 2. The lowest BCUT2D eigenvalue weighted by molar-refractivity contribution is 0.307. The largest absolute Gasteiger partial charge is 0.368 e. The van der Waals surface area contributed by atoms with Gasteiger partial charge in [-0.15, -0.1) is 0 Å². The van der Waals surface area contributed by atoms with Gasteiger partial charge in [0, 0.05) is 32.4 Å². The van der Waals surface area contributed by atoms with E-state index in [-0.39, 0.29) is 16.8 Å². The third kappa shape index (κ3) is 6.46. The van der Waals surface area contributed by atoms with E-state index in [9.17, 15) is 8.42 Å². The molecular weight excluding hydrogens is 380 g/mol. The van der Waals surface area contributed by atoms with E-state index in [0.717, 1.165) is 11.0 Å². The minimum absolute atomic E-state index is 0.190. The van der Waals surface area contributed by atoms with Crippen LogP contribution in [0, 0.1) is 0 Å². The Balaban J connectivity index is 0.00000106. The molecule has 1 aromatic heterocycles. The van der Waals surface area contributed by atoms with Crippen molar-refractivity contribution in [3.8, 4) is 0 Å². The molecule has 0 bridgehead atoms. The fourth-order valence-corrected chi connectivity index (χ4v) is 3.52. The third-order valence-corrected chi connectivity index (χ3v) is 5.24. The molecule has 2 rings (SSSR count). The van der Waals surface area contributed by atoms with Crippen LogP contribution < -0.4 is 5.32 Å². The van der Waals surface area contributed by atoms with E-state index in [1.54, 1.807) is 6.20 Å². The Morgan fingerprint density at radius 2 is 2.00 bits per heavy atom. The Bertz CT molecular complexity index is 542. The van der Waals surface area contributed by atoms with Gasteiger partial charge < -0.3 is 5.32 Å². The summed E-state index contributed by atoms with van der Waals surface area (Å²) in [6.07, 6.45) is 1.59. The summed E-state index contributed by atoms with van der Waals surface area (Å²) < 4.78 is 23.3. The van der Waals surface area contributed by atoms with Gasteiger partial charge in [0.2, 0.25) is 5.28 Å². The zero-order valence-electron chi connectivity index (χ0n) is 12.1. The van der Waals surface area contributed by atoms with Gasteiger partial charge in [0.1, 0.15) is 5.82 Å². The maximum Gasteiger partial charge on any atom is 0.224 e. The lowest BCUT2D eigenvalue weighted by Crippen LogP contribution is -2.42. The number of nitrogens with zero attached hydrogens (tertiary/aromatic N) is 3. The van der Waals surface area contributed by atoms with Crippen LogP contribution in [0.5, 0.6) is 0 Å². The number of anilines is 1. The van der Waals surface area contributed by atoms with Crippen LogP contribution in [0.25, 0.3) is 0 Å². The second-order valence-electron chi connectivity index (χ2n) is 4.26. The number of rotatable bonds is 4. The van der Waals surface area contributed by atoms with Gasteiger partial charge in [-0.2, -0.15) is 4.98 Å². The van der Waals surface area contributed by atoms with Gasteiger partial charge in [-0.05, 0) is 27.5 Å². The summed E-state index contributed by atoms with van der Waals surface area (Å²) in [5.74, 6) is 1.14. The fourth-order valence-electron chi connectivity index (χ4n) is 1.78. The molecule has 0 unspecified atom stereocenters. The van der Waals surface area contributed by atoms with Crippen molar-refractivity contribution in [3.05, 3.63) is 16.0 Å². The third-order valence-electron chi connectivity index (χ3n) is 2.87. The molecule has 1 N–H and O–H groups in total. The minimum Gasteiger partial charge on any atom is -0.368 e. The van der Waals surface area contributed by atoms with Crippen molar-refractivity contribution in [2.75, 3.05) is 43.0 Å². The summed E-state index contributed by atoms with van der Waals surface area (Å²) in [5, 5.41) is 3.34. The van der Waals surface area contributed by atoms with Crippen molar-refractivity contribution in [1.82, 2.24) is 14.9 Å². The van der Waals surface area contributed by atoms with Gasteiger partial charge in [-0.3, -0.25) is 4.90 Å². The second-order valence-corrected chi connectivity index (χ2v) is 7.75. The summed E-state index contributed by atoms with van der Waals surface area (Å²) in [7, 11) is -2.81. The monoisotopic (exact) mass is 398 g/mol. The van der Waals surface area contributed by atoms with Gasteiger partial charge >= 0.3 is 0 Å². The molecule has 0 amide bonds. The molecule has 0 spiro atoms. The van der Waals surface area contributed by atoms with Crippen LogP contribution in [0.3, 0.4) is 0 Å². The van der Waals surface area contributed by atoms with Gasteiger partial charge in [0.25, 0.3) is 0 Å². The van der Waals surface area contributed by atoms with E-state index < -0.39 is 9.84 Å². The van der Waals surface area contributed by atoms with E-state index in [0.29, 0.717) is 25.5 Å². The molecule has 1 aromatic rings. The average molecular weight is 400 g/mol. The summed E-state index contributed by atoms with van der Waals surface area (Å²) in [6, 6.07) is 0. The molecule has 0 saturated carbocycles. The Hall–Kier alpha value is -0.440. The number of nitrogens with one attached hydrogen (secondary N) is 1. The van der Waals surface area contributed by atoms with Crippen LogP contribution >= 0.6 is 27.5 Å². The van der Waals surface area contributed by atoms with Crippen molar-refractivity contribution in [2.24, 2.45) is 0 Å². The first kappa shape index (κ1) is 18.6. The molecule has 1 aliphatic rings. The van der Waals surface area contributed by atoms with Crippen molar-refractivity contribution >= 4 is 43.2 Å². The predicted molar refractivity (Wildman–Crippen MR) is 89.7 cm³/mol. The first-order chi connectivity index (χ1) is 9.96. The number of hydrogen-bond acceptors (Lipinski definition) is 6. The molecule has 0 aromatic carbocycles. The molecule has 1 saturated heterocycles. The second kappa shape index (κ2) is 8.87. The number of halogens is 2. The first-order valence-electron chi connectivity index (χ1n) is 6.81. The Labute approximate surface area is 139 Å². The zero-order valence-corrected chi connectivity index (χ0v) is 15.3. The quantitative estimate of drug-likeness (QED) is 0.781. The van der Waals surface area contributed by atoms with E-state index in [4.69, 9.17) is 11.6 Å². The summed E-state index contributed by atoms with van der Waals surface area (Å²) >= 11 is 9.05. The molecule has 2 heterocycles. The topological polar surface area (TPSA) is 75.2 Å². The molecule has 0 radical (unpaired) electrons. The Morgan fingerprint density at radius 3 is 2.62 bits per heavy atom. The highest BCUT2D eigenvalue weighted by Gasteiger charge is 2.20. The zero-order chi connectivity index (χ0) is 15.9. The number of sulfone groups is 1. The standard InChI is InChI=1S/C10H14BrClN4O2S.C2H6/c11-8-7-14-10(12)15-9(8)13-1-2-16-3-5-19(17,18)6-4-16;1-2/h7H,1-6H2,(H,13,14,15);1-2H3. The summed E-state index contributed by atoms with van der Waals surface area (Å²) in [4.78, 5) is 10.0. The molecule has 9 heteroatoms. The highest BCUT2D eigenvalue weighted by atomic mass is 79.9. The maximum atomic E-state index is 11.3. The Morgan fingerprint density at radius 1 is 1.38 bits per heavy atom. The number of hydrogen-bond donors (Lipinski definition) is 1. The molecule has 1 aliphatic heterocycles. The van der Waals surface area contributed by atoms with Gasteiger partial charge in [0.15, 0.2) is 9.84 Å². The molecule has 1 fully saturated rings.